The van der Waals surface area contributed by atoms with E-state index < -0.39 is 48.1 Å². The number of carbonyl (C=O) groups excluding carboxylic acids is 4. The van der Waals surface area contributed by atoms with Gasteiger partial charge in [0.1, 0.15) is 18.7 Å². The molecule has 0 heterocycles. The minimum Gasteiger partial charge on any atom is -0.445 e. The van der Waals surface area contributed by atoms with E-state index in [1.165, 1.54) is 0 Å². The lowest BCUT2D eigenvalue weighted by Gasteiger charge is -2.40. The van der Waals surface area contributed by atoms with Gasteiger partial charge < -0.3 is 31.1 Å². The fraction of sp³-hybridized carbons (Fsp3) is 0.524. The Balaban J connectivity index is 1.96. The number of ether oxygens (including phenoxy) is 1. The standard InChI is InChI=1S/C42H60N4O6/c1-7-9-22-35(41(50)46(26-29(5)6)37(23-28(3)4)38(47)25-31(8-2)39(43)48)44-40(49)36(45-42(51)52-27-30-16-11-10-12-17-30)24-33-20-15-19-32-18-13-14-21-34(32)33/h10-21,28-29,31,35-38,47H,7-9,22-27H2,1-6H3,(H2,43,48)(H,44,49)(H,45,51)/t31-,35+,36+,37+,38+/m1/s1. The molecule has 0 saturated carbocycles. The summed E-state index contributed by atoms with van der Waals surface area (Å²) >= 11 is 0. The normalized spacial score (nSPS) is 14.3. The van der Waals surface area contributed by atoms with Crippen LogP contribution in [0.3, 0.4) is 0 Å². The van der Waals surface area contributed by atoms with Crippen molar-refractivity contribution in [1.29, 1.82) is 0 Å². The summed E-state index contributed by atoms with van der Waals surface area (Å²) in [5, 5.41) is 19.4. The van der Waals surface area contributed by atoms with Gasteiger partial charge in [0, 0.05) is 18.9 Å². The Labute approximate surface area is 309 Å². The molecule has 0 aliphatic carbocycles. The first-order valence-electron chi connectivity index (χ1n) is 18.9. The molecule has 52 heavy (non-hydrogen) atoms. The molecular formula is C42H60N4O6. The summed E-state index contributed by atoms with van der Waals surface area (Å²) in [6, 6.07) is 20.4. The number of hydrogen-bond acceptors (Lipinski definition) is 6. The number of nitrogens with one attached hydrogen (secondary N) is 2. The molecule has 0 unspecified atom stereocenters. The maximum absolute atomic E-state index is 14.7. The van der Waals surface area contributed by atoms with Gasteiger partial charge in [-0.3, -0.25) is 14.4 Å². The highest BCUT2D eigenvalue weighted by Gasteiger charge is 2.37. The quantitative estimate of drug-likeness (QED) is 0.0987. The molecule has 0 bridgehead atoms. The Bertz CT molecular complexity index is 1570. The van der Waals surface area contributed by atoms with Crippen LogP contribution in [0.25, 0.3) is 10.8 Å². The maximum atomic E-state index is 14.7. The molecule has 284 valence electrons. The molecule has 0 fully saturated rings. The fourth-order valence-corrected chi connectivity index (χ4v) is 6.63. The van der Waals surface area contributed by atoms with E-state index in [1.807, 2.05) is 114 Å². The van der Waals surface area contributed by atoms with Crippen molar-refractivity contribution in [2.75, 3.05) is 6.54 Å². The second kappa shape index (κ2) is 21.2. The SMILES string of the molecule is CCCC[C@H](NC(=O)[C@H](Cc1cccc2ccccc12)NC(=O)OCc1ccccc1)C(=O)N(CC(C)C)[C@@H](CC(C)C)[C@@H](O)C[C@@H](CC)C(N)=O. The number of nitrogens with two attached hydrogens (primary N) is 1. The van der Waals surface area contributed by atoms with E-state index in [0.717, 1.165) is 28.3 Å². The molecule has 0 radical (unpaired) electrons. The summed E-state index contributed by atoms with van der Waals surface area (Å²) in [4.78, 5) is 56.0. The lowest BCUT2D eigenvalue weighted by molar-refractivity contribution is -0.143. The van der Waals surface area contributed by atoms with Crippen LogP contribution in [0.15, 0.2) is 72.8 Å². The Kier molecular flexibility index (Phi) is 17.1. The van der Waals surface area contributed by atoms with Crippen molar-refractivity contribution in [2.24, 2.45) is 23.5 Å². The summed E-state index contributed by atoms with van der Waals surface area (Å²) in [5.41, 5.74) is 7.32. The first kappa shape index (κ1) is 42.0. The number of amides is 4. The van der Waals surface area contributed by atoms with Crippen molar-refractivity contribution in [3.8, 4) is 0 Å². The number of unbranched alkanes of at least 4 members (excludes halogenated alkanes) is 1. The van der Waals surface area contributed by atoms with E-state index >= 15 is 0 Å². The number of carbonyl (C=O) groups is 4. The van der Waals surface area contributed by atoms with Gasteiger partial charge in [0.2, 0.25) is 17.7 Å². The third kappa shape index (κ3) is 13.0. The summed E-state index contributed by atoms with van der Waals surface area (Å²) in [6.07, 6.45) is 1.38. The van der Waals surface area contributed by atoms with Crippen LogP contribution < -0.4 is 16.4 Å². The molecule has 5 N–H and O–H groups in total. The summed E-state index contributed by atoms with van der Waals surface area (Å²) in [6.45, 7) is 12.3. The fourth-order valence-electron chi connectivity index (χ4n) is 6.63. The molecule has 5 atom stereocenters. The van der Waals surface area contributed by atoms with Crippen LogP contribution in [-0.4, -0.2) is 64.6 Å². The largest absolute Gasteiger partial charge is 0.445 e. The minimum absolute atomic E-state index is 0.0330. The number of primary amides is 1. The van der Waals surface area contributed by atoms with Gasteiger partial charge in [0.05, 0.1) is 12.1 Å². The first-order valence-corrected chi connectivity index (χ1v) is 18.9. The molecule has 4 amide bonds. The van der Waals surface area contributed by atoms with Crippen molar-refractivity contribution in [3.63, 3.8) is 0 Å². The highest BCUT2D eigenvalue weighted by molar-refractivity contribution is 5.93. The number of hydrogen-bond donors (Lipinski definition) is 4. The number of aliphatic hydroxyl groups excluding tert-OH is 1. The molecule has 10 heteroatoms. The number of benzene rings is 3. The van der Waals surface area contributed by atoms with Gasteiger partial charge in [-0.2, -0.15) is 0 Å². The van der Waals surface area contributed by atoms with Crippen molar-refractivity contribution < 1.29 is 29.0 Å². The average Bonchev–Trinajstić information content (AvgIpc) is 3.12. The lowest BCUT2D eigenvalue weighted by atomic mass is 9.88. The zero-order valence-electron chi connectivity index (χ0n) is 31.8. The monoisotopic (exact) mass is 716 g/mol. The third-order valence-electron chi connectivity index (χ3n) is 9.41. The number of aliphatic hydroxyl groups is 1. The predicted octanol–water partition coefficient (Wildman–Crippen LogP) is 6.51. The molecule has 10 nitrogen and oxygen atoms in total. The zero-order valence-corrected chi connectivity index (χ0v) is 31.8. The van der Waals surface area contributed by atoms with Gasteiger partial charge in [-0.1, -0.05) is 127 Å². The van der Waals surface area contributed by atoms with Gasteiger partial charge in [-0.05, 0) is 59.4 Å². The minimum atomic E-state index is -1.05. The van der Waals surface area contributed by atoms with E-state index in [9.17, 15) is 24.3 Å². The molecule has 0 aromatic heterocycles. The van der Waals surface area contributed by atoms with E-state index in [-0.39, 0.29) is 37.2 Å². The van der Waals surface area contributed by atoms with Gasteiger partial charge in [0.25, 0.3) is 0 Å². The lowest BCUT2D eigenvalue weighted by Crippen LogP contribution is -2.58. The van der Waals surface area contributed by atoms with Crippen LogP contribution in [0.2, 0.25) is 0 Å². The van der Waals surface area contributed by atoms with E-state index in [2.05, 4.69) is 10.6 Å². The molecule has 3 rings (SSSR count). The smallest absolute Gasteiger partial charge is 0.408 e. The molecule has 3 aromatic rings. The Hall–Kier alpha value is -4.44. The Morgan fingerprint density at radius 3 is 2.13 bits per heavy atom. The Morgan fingerprint density at radius 2 is 1.50 bits per heavy atom. The Morgan fingerprint density at radius 1 is 0.827 bits per heavy atom. The zero-order chi connectivity index (χ0) is 38.2. The maximum Gasteiger partial charge on any atom is 0.408 e. The molecule has 0 aliphatic rings. The highest BCUT2D eigenvalue weighted by Crippen LogP contribution is 2.25. The predicted molar refractivity (Wildman–Crippen MR) is 206 cm³/mol. The van der Waals surface area contributed by atoms with Crippen molar-refractivity contribution >= 4 is 34.6 Å². The van der Waals surface area contributed by atoms with Gasteiger partial charge in [-0.15, -0.1) is 0 Å². The van der Waals surface area contributed by atoms with Crippen molar-refractivity contribution in [1.82, 2.24) is 15.5 Å². The van der Waals surface area contributed by atoms with E-state index in [4.69, 9.17) is 10.5 Å². The van der Waals surface area contributed by atoms with Crippen LogP contribution in [0.4, 0.5) is 4.79 Å². The van der Waals surface area contributed by atoms with Crippen LogP contribution in [0.5, 0.6) is 0 Å². The van der Waals surface area contributed by atoms with Crippen LogP contribution in [-0.2, 0) is 32.1 Å². The third-order valence-corrected chi connectivity index (χ3v) is 9.41. The number of fused-ring (bicyclic) bond motifs is 1. The van der Waals surface area contributed by atoms with Crippen LogP contribution >= 0.6 is 0 Å². The first-order chi connectivity index (χ1) is 24.8. The van der Waals surface area contributed by atoms with Crippen LogP contribution in [0, 0.1) is 17.8 Å². The number of rotatable bonds is 21. The topological polar surface area (TPSA) is 151 Å². The molecular weight excluding hydrogens is 656 g/mol. The molecule has 0 spiro atoms. The van der Waals surface area contributed by atoms with E-state index in [0.29, 0.717) is 32.2 Å². The summed E-state index contributed by atoms with van der Waals surface area (Å²) in [7, 11) is 0. The highest BCUT2D eigenvalue weighted by atomic mass is 16.5. The average molecular weight is 717 g/mol. The second-order valence-corrected chi connectivity index (χ2v) is 14.7. The van der Waals surface area contributed by atoms with Crippen LogP contribution in [0.1, 0.15) is 91.2 Å². The number of alkyl carbamates (subject to hydrolysis) is 1. The van der Waals surface area contributed by atoms with Crippen molar-refractivity contribution in [2.45, 2.75) is 117 Å². The summed E-state index contributed by atoms with van der Waals surface area (Å²) in [5.74, 6) is -1.63. The van der Waals surface area contributed by atoms with Gasteiger partial charge in [0.15, 0.2) is 0 Å². The second-order valence-electron chi connectivity index (χ2n) is 14.7. The van der Waals surface area contributed by atoms with Crippen molar-refractivity contribution in [3.05, 3.63) is 83.9 Å². The van der Waals surface area contributed by atoms with E-state index in [1.54, 1.807) is 4.90 Å². The number of nitrogens with zero attached hydrogens (tertiary/aromatic N) is 1. The van der Waals surface area contributed by atoms with Gasteiger partial charge >= 0.3 is 6.09 Å². The molecule has 0 aliphatic heterocycles. The molecule has 0 saturated heterocycles. The van der Waals surface area contributed by atoms with Gasteiger partial charge in [-0.25, -0.2) is 4.79 Å². The summed E-state index contributed by atoms with van der Waals surface area (Å²) < 4.78 is 5.52. The molecule has 3 aromatic carbocycles.